The zero-order valence-electron chi connectivity index (χ0n) is 27.8. The second-order valence-corrected chi connectivity index (χ2v) is 12.2. The number of ether oxygens (including phenoxy) is 3. The van der Waals surface area contributed by atoms with Crippen molar-refractivity contribution in [3.63, 3.8) is 0 Å². The molecule has 6 N–H and O–H groups in total. The van der Waals surface area contributed by atoms with Gasteiger partial charge in [-0.25, -0.2) is 0 Å². The van der Waals surface area contributed by atoms with Crippen LogP contribution < -0.4 is 0 Å². The minimum atomic E-state index is -1.21. The Morgan fingerprint density at radius 3 is 1.33 bits per heavy atom. The topological polar surface area (TPSA) is 200 Å². The van der Waals surface area contributed by atoms with Gasteiger partial charge in [-0.2, -0.15) is 0 Å². The number of esters is 3. The molecule has 0 rings (SSSR count). The van der Waals surface area contributed by atoms with Crippen molar-refractivity contribution in [2.75, 3.05) is 13.2 Å². The summed E-state index contributed by atoms with van der Waals surface area (Å²) in [5.41, 5.74) is 0. The van der Waals surface area contributed by atoms with Crippen molar-refractivity contribution in [3.05, 3.63) is 0 Å². The lowest BCUT2D eigenvalue weighted by Gasteiger charge is -2.23. The zero-order valence-corrected chi connectivity index (χ0v) is 27.8. The summed E-state index contributed by atoms with van der Waals surface area (Å²) in [5, 5.41) is 59.6. The van der Waals surface area contributed by atoms with E-state index in [1.165, 1.54) is 0 Å². The first-order valence-electron chi connectivity index (χ1n) is 17.0. The summed E-state index contributed by atoms with van der Waals surface area (Å²) < 4.78 is 16.0. The first kappa shape index (κ1) is 43.2. The summed E-state index contributed by atoms with van der Waals surface area (Å²) in [7, 11) is 0. The van der Waals surface area contributed by atoms with E-state index in [2.05, 4.69) is 6.92 Å². The first-order valence-corrected chi connectivity index (χ1v) is 17.0. The number of carbonyl (C=O) groups excluding carboxylic acids is 3. The van der Waals surface area contributed by atoms with Crippen LogP contribution in [0.4, 0.5) is 0 Å². The number of aliphatic hydroxyl groups is 6. The van der Waals surface area contributed by atoms with Crippen molar-refractivity contribution in [1.82, 2.24) is 0 Å². The first-order chi connectivity index (χ1) is 21.4. The van der Waals surface area contributed by atoms with Crippen LogP contribution in [-0.4, -0.2) is 104 Å². The van der Waals surface area contributed by atoms with Crippen LogP contribution in [0.5, 0.6) is 0 Å². The maximum atomic E-state index is 12.7. The Morgan fingerprint density at radius 1 is 0.511 bits per heavy atom. The standard InChI is InChI=1S/C33H62O12/c1-4-7-10-13-24(35)16-25(36)20-32(41)44-30(15-12-9-6-3)18-27(38)21-33(42)45-29(14-11-8-5-2)17-26(37)19-31(40)43-23-28(39)22-34/h24-30,34-39H,4-23H2,1-3H3/t24-,25-,26-,27-,28?,29-,30-/m1/s1. The summed E-state index contributed by atoms with van der Waals surface area (Å²) in [5.74, 6) is -2.08. The molecule has 0 radical (unpaired) electrons. The van der Waals surface area contributed by atoms with Crippen LogP contribution in [0.25, 0.3) is 0 Å². The lowest BCUT2D eigenvalue weighted by Crippen LogP contribution is -2.30. The third kappa shape index (κ3) is 25.0. The molecule has 0 aromatic heterocycles. The quantitative estimate of drug-likeness (QED) is 0.0393. The molecule has 0 aliphatic rings. The average Bonchev–Trinajstić information content (AvgIpc) is 2.95. The molecule has 0 bridgehead atoms. The van der Waals surface area contributed by atoms with Crippen LogP contribution in [0.15, 0.2) is 0 Å². The molecule has 266 valence electrons. The Balaban J connectivity index is 5.00. The van der Waals surface area contributed by atoms with Crippen LogP contribution in [0.2, 0.25) is 0 Å². The summed E-state index contributed by atoms with van der Waals surface area (Å²) in [4.78, 5) is 37.2. The zero-order chi connectivity index (χ0) is 34.0. The van der Waals surface area contributed by atoms with Crippen LogP contribution in [0.3, 0.4) is 0 Å². The predicted molar refractivity (Wildman–Crippen MR) is 168 cm³/mol. The lowest BCUT2D eigenvalue weighted by molar-refractivity contribution is -0.155. The molecular weight excluding hydrogens is 588 g/mol. The molecule has 0 aromatic rings. The number of hydrogen-bond acceptors (Lipinski definition) is 12. The number of carbonyl (C=O) groups is 3. The van der Waals surface area contributed by atoms with Crippen molar-refractivity contribution in [2.24, 2.45) is 0 Å². The molecule has 45 heavy (non-hydrogen) atoms. The van der Waals surface area contributed by atoms with Gasteiger partial charge in [-0.05, 0) is 38.5 Å². The van der Waals surface area contributed by atoms with E-state index in [9.17, 15) is 39.9 Å². The van der Waals surface area contributed by atoms with E-state index in [-0.39, 0.29) is 38.5 Å². The van der Waals surface area contributed by atoms with Gasteiger partial charge in [0.1, 0.15) is 24.9 Å². The smallest absolute Gasteiger partial charge is 0.308 e. The number of unbranched alkanes of at least 4 members (excludes halogenated alkanes) is 6. The van der Waals surface area contributed by atoms with Crippen LogP contribution in [0, 0.1) is 0 Å². The SMILES string of the molecule is CCCCC[C@@H](O)C[C@@H](O)CC(=O)O[C@H](CCCCC)C[C@@H](O)CC(=O)O[C@H](CCCCC)C[C@@H](O)CC(=O)OCC(O)CO. The second kappa shape index (κ2) is 27.3. The van der Waals surface area contributed by atoms with Gasteiger partial charge in [0.25, 0.3) is 0 Å². The van der Waals surface area contributed by atoms with Crippen LogP contribution >= 0.6 is 0 Å². The van der Waals surface area contributed by atoms with Crippen molar-refractivity contribution in [1.29, 1.82) is 0 Å². The van der Waals surface area contributed by atoms with Gasteiger partial charge in [-0.15, -0.1) is 0 Å². The molecule has 12 heteroatoms. The monoisotopic (exact) mass is 650 g/mol. The van der Waals surface area contributed by atoms with E-state index in [1.54, 1.807) is 0 Å². The summed E-state index contributed by atoms with van der Waals surface area (Å²) >= 11 is 0. The van der Waals surface area contributed by atoms with Gasteiger partial charge in [-0.3, -0.25) is 14.4 Å². The molecule has 0 heterocycles. The molecule has 0 saturated carbocycles. The van der Waals surface area contributed by atoms with Crippen LogP contribution in [0.1, 0.15) is 136 Å². The molecule has 0 spiro atoms. The minimum absolute atomic E-state index is 0.00888. The number of rotatable bonds is 29. The molecular formula is C33H62O12. The average molecular weight is 651 g/mol. The Kier molecular flexibility index (Phi) is 26.2. The van der Waals surface area contributed by atoms with Crippen LogP contribution in [-0.2, 0) is 28.6 Å². The highest BCUT2D eigenvalue weighted by molar-refractivity contribution is 5.71. The van der Waals surface area contributed by atoms with E-state index < -0.39 is 73.8 Å². The molecule has 0 saturated heterocycles. The Hall–Kier alpha value is -1.83. The molecule has 0 amide bonds. The maximum absolute atomic E-state index is 12.7. The molecule has 0 aromatic carbocycles. The molecule has 12 nitrogen and oxygen atoms in total. The Labute approximate surface area is 269 Å². The van der Waals surface area contributed by atoms with E-state index in [1.807, 2.05) is 13.8 Å². The van der Waals surface area contributed by atoms with Crippen molar-refractivity contribution >= 4 is 17.9 Å². The van der Waals surface area contributed by atoms with Crippen molar-refractivity contribution in [3.8, 4) is 0 Å². The molecule has 7 atom stereocenters. The van der Waals surface area contributed by atoms with Gasteiger partial charge in [0.15, 0.2) is 0 Å². The highest BCUT2D eigenvalue weighted by Gasteiger charge is 2.26. The van der Waals surface area contributed by atoms with Gasteiger partial charge in [0.05, 0.1) is 50.3 Å². The number of hydrogen-bond donors (Lipinski definition) is 6. The molecule has 1 unspecified atom stereocenters. The molecule has 0 aliphatic carbocycles. The van der Waals surface area contributed by atoms with Gasteiger partial charge >= 0.3 is 17.9 Å². The van der Waals surface area contributed by atoms with E-state index in [0.29, 0.717) is 19.3 Å². The summed E-state index contributed by atoms with van der Waals surface area (Å²) in [6, 6.07) is 0. The molecule has 0 aliphatic heterocycles. The fraction of sp³-hybridized carbons (Fsp3) is 0.909. The van der Waals surface area contributed by atoms with Gasteiger partial charge in [-0.1, -0.05) is 65.7 Å². The summed E-state index contributed by atoms with van der Waals surface area (Å²) in [6.07, 6.45) is 1.94. The normalized spacial score (nSPS) is 16.2. The highest BCUT2D eigenvalue weighted by atomic mass is 16.6. The van der Waals surface area contributed by atoms with Crippen molar-refractivity contribution in [2.45, 2.75) is 179 Å². The maximum Gasteiger partial charge on any atom is 0.308 e. The predicted octanol–water partition coefficient (Wildman–Crippen LogP) is 3.23. The van der Waals surface area contributed by atoms with Gasteiger partial charge in [0.2, 0.25) is 0 Å². The van der Waals surface area contributed by atoms with Crippen molar-refractivity contribution < 1.29 is 59.2 Å². The second-order valence-electron chi connectivity index (χ2n) is 12.2. The minimum Gasteiger partial charge on any atom is -0.463 e. The number of aliphatic hydroxyl groups excluding tert-OH is 6. The van der Waals surface area contributed by atoms with E-state index in [4.69, 9.17) is 19.3 Å². The Bertz CT molecular complexity index is 764. The largest absolute Gasteiger partial charge is 0.463 e. The fourth-order valence-electron chi connectivity index (χ4n) is 4.96. The lowest BCUT2D eigenvalue weighted by atomic mass is 10.0. The van der Waals surface area contributed by atoms with E-state index in [0.717, 1.165) is 57.8 Å². The Morgan fingerprint density at radius 2 is 0.911 bits per heavy atom. The van der Waals surface area contributed by atoms with E-state index >= 15 is 0 Å². The highest BCUT2D eigenvalue weighted by Crippen LogP contribution is 2.20. The fourth-order valence-corrected chi connectivity index (χ4v) is 4.96. The van der Waals surface area contributed by atoms with Gasteiger partial charge in [0, 0.05) is 12.8 Å². The third-order valence-electron chi connectivity index (χ3n) is 7.46. The molecule has 0 fully saturated rings. The third-order valence-corrected chi connectivity index (χ3v) is 7.46. The van der Waals surface area contributed by atoms with Gasteiger partial charge < -0.3 is 44.8 Å². The summed E-state index contributed by atoms with van der Waals surface area (Å²) in [6.45, 7) is 5.16.